The first kappa shape index (κ1) is 23.4. The van der Waals surface area contributed by atoms with Crippen LogP contribution in [0.15, 0.2) is 76.1 Å². The van der Waals surface area contributed by atoms with Gasteiger partial charge in [-0.1, -0.05) is 18.2 Å². The van der Waals surface area contributed by atoms with E-state index in [9.17, 15) is 0 Å². The number of pyridine rings is 1. The summed E-state index contributed by atoms with van der Waals surface area (Å²) in [5, 5.41) is 3.07. The van der Waals surface area contributed by atoms with E-state index in [0.717, 1.165) is 53.6 Å². The lowest BCUT2D eigenvalue weighted by Gasteiger charge is -2.19. The van der Waals surface area contributed by atoms with E-state index in [1.165, 1.54) is 0 Å². The van der Waals surface area contributed by atoms with Crippen molar-refractivity contribution < 1.29 is 9.47 Å². The first-order chi connectivity index (χ1) is 15.8. The van der Waals surface area contributed by atoms with Crippen molar-refractivity contribution in [3.8, 4) is 5.75 Å². The number of nitrogens with one attached hydrogen (secondary N) is 1. The fraction of sp³-hybridized carbons (Fsp3) is 0.320. The Morgan fingerprint density at radius 2 is 2.19 bits per heavy atom. The van der Waals surface area contributed by atoms with Crippen LogP contribution in [0.5, 0.6) is 5.75 Å². The number of aliphatic imine (C=N–C) groups is 2. The Hall–Kier alpha value is -3.29. The minimum absolute atomic E-state index is 0.565. The van der Waals surface area contributed by atoms with Crippen molar-refractivity contribution >= 4 is 24.3 Å². The number of rotatable bonds is 11. The van der Waals surface area contributed by atoms with Crippen molar-refractivity contribution in [3.63, 3.8) is 0 Å². The van der Waals surface area contributed by atoms with Crippen LogP contribution < -0.4 is 15.0 Å². The summed E-state index contributed by atoms with van der Waals surface area (Å²) in [6.07, 6.45) is 8.46. The smallest absolute Gasteiger partial charge is 0.133 e. The van der Waals surface area contributed by atoms with Gasteiger partial charge in [-0.25, -0.2) is 0 Å². The summed E-state index contributed by atoms with van der Waals surface area (Å²) < 4.78 is 11.0. The maximum Gasteiger partial charge on any atom is 0.133 e. The van der Waals surface area contributed by atoms with Crippen LogP contribution in [0.1, 0.15) is 12.0 Å². The molecule has 7 heteroatoms. The number of hydrogen-bond acceptors (Lipinski definition) is 6. The number of methoxy groups -OCH3 is 1. The Labute approximate surface area is 190 Å². The monoisotopic (exact) mass is 433 g/mol. The van der Waals surface area contributed by atoms with Gasteiger partial charge in [0, 0.05) is 24.9 Å². The zero-order chi connectivity index (χ0) is 22.6. The molecule has 1 saturated heterocycles. The molecule has 1 aliphatic heterocycles. The molecule has 1 aromatic heterocycles. The van der Waals surface area contributed by atoms with E-state index in [0.29, 0.717) is 19.8 Å². The molecule has 0 bridgehead atoms. The van der Waals surface area contributed by atoms with Gasteiger partial charge in [0.05, 0.1) is 44.4 Å². The molecule has 2 heterocycles. The zero-order valence-electron chi connectivity index (χ0n) is 18.8. The molecule has 0 aliphatic carbocycles. The summed E-state index contributed by atoms with van der Waals surface area (Å²) in [5.41, 5.74) is 3.93. The highest BCUT2D eigenvalue weighted by molar-refractivity contribution is 6.12. The second-order valence-electron chi connectivity index (χ2n) is 7.17. The summed E-state index contributed by atoms with van der Waals surface area (Å²) in [6, 6.07) is 11.9. The van der Waals surface area contributed by atoms with Gasteiger partial charge >= 0.3 is 0 Å². The van der Waals surface area contributed by atoms with E-state index in [-0.39, 0.29) is 0 Å². The van der Waals surface area contributed by atoms with Crippen molar-refractivity contribution in [2.45, 2.75) is 6.42 Å². The van der Waals surface area contributed by atoms with Crippen LogP contribution in [0.25, 0.3) is 6.08 Å². The summed E-state index contributed by atoms with van der Waals surface area (Å²) in [5.74, 6) is 1.71. The molecule has 0 radical (unpaired) electrons. The highest BCUT2D eigenvalue weighted by atomic mass is 16.5. The standard InChI is InChI=1S/C25H31N5O2/c1-26-13-16-32-17-14-29-25-23(11-15-30(25)21-7-5-12-28-19-21)24(27-2)10-9-20-6-4-8-22(18-20)31-3/h4-10,12,18-19,26H,2,11,13-17H2,1,3H3/b10-9+,24-23-,29-25+. The van der Waals surface area contributed by atoms with E-state index >= 15 is 0 Å². The van der Waals surface area contributed by atoms with Crippen molar-refractivity contribution in [2.75, 3.05) is 51.9 Å². The molecular formula is C25H31N5O2. The van der Waals surface area contributed by atoms with Gasteiger partial charge in [0.1, 0.15) is 11.6 Å². The molecule has 3 rings (SSSR count). The van der Waals surface area contributed by atoms with Crippen LogP contribution in [-0.4, -0.2) is 64.5 Å². The number of amidine groups is 1. The van der Waals surface area contributed by atoms with Gasteiger partial charge in [-0.15, -0.1) is 0 Å². The van der Waals surface area contributed by atoms with Crippen LogP contribution in [0, 0.1) is 0 Å². The summed E-state index contributed by atoms with van der Waals surface area (Å²) >= 11 is 0. The molecule has 168 valence electrons. The molecule has 32 heavy (non-hydrogen) atoms. The Bertz CT molecular complexity index is 969. The third-order valence-corrected chi connectivity index (χ3v) is 5.07. The van der Waals surface area contributed by atoms with Gasteiger partial charge in [0.15, 0.2) is 0 Å². The van der Waals surface area contributed by atoms with Crippen molar-refractivity contribution in [1.29, 1.82) is 0 Å². The van der Waals surface area contributed by atoms with Crippen LogP contribution in [0.3, 0.4) is 0 Å². The van der Waals surface area contributed by atoms with E-state index in [1.807, 2.05) is 61.8 Å². The Kier molecular flexibility index (Phi) is 9.16. The fourth-order valence-electron chi connectivity index (χ4n) is 3.45. The van der Waals surface area contributed by atoms with E-state index in [1.54, 1.807) is 13.3 Å². The maximum absolute atomic E-state index is 5.65. The minimum Gasteiger partial charge on any atom is -0.497 e. The first-order valence-electron chi connectivity index (χ1n) is 10.7. The van der Waals surface area contributed by atoms with Crippen LogP contribution in [0.2, 0.25) is 0 Å². The third-order valence-electron chi connectivity index (χ3n) is 5.07. The van der Waals surface area contributed by atoms with Crippen molar-refractivity contribution in [3.05, 3.63) is 71.7 Å². The number of benzene rings is 1. The van der Waals surface area contributed by atoms with E-state index < -0.39 is 0 Å². The zero-order valence-corrected chi connectivity index (χ0v) is 18.8. The highest BCUT2D eigenvalue weighted by Crippen LogP contribution is 2.28. The second-order valence-corrected chi connectivity index (χ2v) is 7.17. The molecule has 1 aromatic carbocycles. The SMILES string of the molecule is C=NC(/C=C/c1cccc(OC)c1)=C1/CCN(c2cccnc2)/C1=N/CCOCCNC. The Morgan fingerprint density at radius 1 is 1.28 bits per heavy atom. The highest BCUT2D eigenvalue weighted by Gasteiger charge is 2.27. The Morgan fingerprint density at radius 3 is 2.94 bits per heavy atom. The number of aromatic nitrogens is 1. The molecule has 1 fully saturated rings. The second kappa shape index (κ2) is 12.5. The lowest BCUT2D eigenvalue weighted by Crippen LogP contribution is -2.26. The topological polar surface area (TPSA) is 71.3 Å². The lowest BCUT2D eigenvalue weighted by atomic mass is 10.1. The van der Waals surface area contributed by atoms with Gasteiger partial charge < -0.3 is 19.7 Å². The van der Waals surface area contributed by atoms with Gasteiger partial charge in [0.25, 0.3) is 0 Å². The molecule has 0 atom stereocenters. The summed E-state index contributed by atoms with van der Waals surface area (Å²) in [6.45, 7) is 7.25. The van der Waals surface area contributed by atoms with Crippen LogP contribution >= 0.6 is 0 Å². The van der Waals surface area contributed by atoms with Crippen molar-refractivity contribution in [1.82, 2.24) is 10.3 Å². The number of likely N-dealkylation sites (N-methyl/N-ethyl adjacent to an activating group) is 1. The first-order valence-corrected chi connectivity index (χ1v) is 10.7. The maximum atomic E-state index is 5.65. The van der Waals surface area contributed by atoms with Gasteiger partial charge in [-0.2, -0.15) is 0 Å². The van der Waals surface area contributed by atoms with Crippen molar-refractivity contribution in [2.24, 2.45) is 9.98 Å². The number of allylic oxidation sites excluding steroid dienone is 1. The molecule has 1 N–H and O–H groups in total. The van der Waals surface area contributed by atoms with Crippen LogP contribution in [-0.2, 0) is 4.74 Å². The van der Waals surface area contributed by atoms with Gasteiger partial charge in [0.2, 0.25) is 0 Å². The van der Waals surface area contributed by atoms with Crippen LogP contribution in [0.4, 0.5) is 5.69 Å². The normalized spacial score (nSPS) is 16.7. The molecule has 0 amide bonds. The molecule has 0 spiro atoms. The van der Waals surface area contributed by atoms with E-state index in [2.05, 4.69) is 26.9 Å². The predicted octanol–water partition coefficient (Wildman–Crippen LogP) is 3.60. The van der Waals surface area contributed by atoms with Gasteiger partial charge in [-0.3, -0.25) is 15.0 Å². The predicted molar refractivity (Wildman–Crippen MR) is 132 cm³/mol. The average molecular weight is 434 g/mol. The molecule has 1 aliphatic rings. The molecule has 0 saturated carbocycles. The number of anilines is 1. The largest absolute Gasteiger partial charge is 0.497 e. The summed E-state index contributed by atoms with van der Waals surface area (Å²) in [4.78, 5) is 15.7. The molecule has 7 nitrogen and oxygen atoms in total. The average Bonchev–Trinajstić information content (AvgIpc) is 3.26. The molecular weight excluding hydrogens is 402 g/mol. The quantitative estimate of drug-likeness (QED) is 0.433. The fourth-order valence-corrected chi connectivity index (χ4v) is 3.45. The number of hydrogen-bond donors (Lipinski definition) is 1. The third kappa shape index (κ3) is 6.35. The lowest BCUT2D eigenvalue weighted by molar-refractivity contribution is 0.145. The molecule has 0 unspecified atom stereocenters. The number of ether oxygens (including phenoxy) is 2. The minimum atomic E-state index is 0.565. The summed E-state index contributed by atoms with van der Waals surface area (Å²) in [7, 11) is 3.58. The Balaban J connectivity index is 1.86. The molecule has 2 aromatic rings. The van der Waals surface area contributed by atoms with E-state index in [4.69, 9.17) is 14.5 Å². The number of nitrogens with zero attached hydrogens (tertiary/aromatic N) is 4. The van der Waals surface area contributed by atoms with Gasteiger partial charge in [-0.05, 0) is 56.1 Å².